The van der Waals surface area contributed by atoms with Crippen molar-refractivity contribution >= 4 is 22.5 Å². The van der Waals surface area contributed by atoms with Crippen LogP contribution >= 0.6 is 0 Å². The summed E-state index contributed by atoms with van der Waals surface area (Å²) < 4.78 is 14.6. The molecule has 4 aromatic rings. The zero-order chi connectivity index (χ0) is 23.5. The number of aromatic nitrogens is 3. The van der Waals surface area contributed by atoms with Gasteiger partial charge >= 0.3 is 0 Å². The standard InChI is InChI=1S/C25H28N4O4/c1-5-20(25(31)26-13-12-17-15-18(32-3)10-11-22(17)33-4)29-21-9-7-6-8-19(21)24-27-23(30)14-16(2)28(24)29/h6-11,14-15,20H,5,12-13H2,1-4H3,(H,26,31)/t20-/m0/s1. The van der Waals surface area contributed by atoms with Crippen LogP contribution in [0.3, 0.4) is 0 Å². The minimum absolute atomic E-state index is 0.0971. The Hall–Kier alpha value is -3.81. The molecule has 33 heavy (non-hydrogen) atoms. The van der Waals surface area contributed by atoms with E-state index in [0.29, 0.717) is 25.0 Å². The Morgan fingerprint density at radius 3 is 2.64 bits per heavy atom. The van der Waals surface area contributed by atoms with E-state index in [-0.39, 0.29) is 11.5 Å². The average molecular weight is 449 g/mol. The lowest BCUT2D eigenvalue weighted by molar-refractivity contribution is -0.124. The van der Waals surface area contributed by atoms with Gasteiger partial charge in [0, 0.05) is 23.7 Å². The van der Waals surface area contributed by atoms with E-state index in [4.69, 9.17) is 9.47 Å². The van der Waals surface area contributed by atoms with Gasteiger partial charge < -0.3 is 14.8 Å². The number of ether oxygens (including phenoxy) is 2. The number of carbonyl (C=O) groups is 1. The first-order valence-corrected chi connectivity index (χ1v) is 11.0. The highest BCUT2D eigenvalue weighted by Gasteiger charge is 2.24. The maximum absolute atomic E-state index is 13.3. The molecule has 172 valence electrons. The first-order chi connectivity index (χ1) is 16.0. The molecule has 0 bridgehead atoms. The van der Waals surface area contributed by atoms with E-state index in [0.717, 1.165) is 33.7 Å². The number of methoxy groups -OCH3 is 2. The summed E-state index contributed by atoms with van der Waals surface area (Å²) in [7, 11) is 3.25. The minimum atomic E-state index is -0.470. The predicted molar refractivity (Wildman–Crippen MR) is 127 cm³/mol. The molecule has 2 aromatic heterocycles. The maximum Gasteiger partial charge on any atom is 0.273 e. The molecule has 0 radical (unpaired) electrons. The van der Waals surface area contributed by atoms with E-state index in [1.807, 2.05) is 65.5 Å². The highest BCUT2D eigenvalue weighted by Crippen LogP contribution is 2.27. The number of rotatable bonds is 8. The van der Waals surface area contributed by atoms with E-state index in [1.54, 1.807) is 14.2 Å². The lowest BCUT2D eigenvalue weighted by atomic mass is 10.1. The molecule has 0 saturated carbocycles. The summed E-state index contributed by atoms with van der Waals surface area (Å²) >= 11 is 0. The van der Waals surface area contributed by atoms with Crippen molar-refractivity contribution in [3.63, 3.8) is 0 Å². The third-order valence-electron chi connectivity index (χ3n) is 5.86. The van der Waals surface area contributed by atoms with Gasteiger partial charge in [-0.1, -0.05) is 19.1 Å². The van der Waals surface area contributed by atoms with Crippen molar-refractivity contribution in [1.82, 2.24) is 19.5 Å². The van der Waals surface area contributed by atoms with E-state index in [9.17, 15) is 9.59 Å². The van der Waals surface area contributed by atoms with Crippen LogP contribution in [0.25, 0.3) is 16.6 Å². The van der Waals surface area contributed by atoms with Gasteiger partial charge in [0.1, 0.15) is 17.5 Å². The highest BCUT2D eigenvalue weighted by molar-refractivity contribution is 5.94. The number of nitrogens with zero attached hydrogens (tertiary/aromatic N) is 3. The van der Waals surface area contributed by atoms with Crippen LogP contribution in [0.5, 0.6) is 11.5 Å². The third-order valence-corrected chi connectivity index (χ3v) is 5.86. The number of carbonyl (C=O) groups excluding carboxylic acids is 1. The van der Waals surface area contributed by atoms with Crippen molar-refractivity contribution in [2.24, 2.45) is 0 Å². The largest absolute Gasteiger partial charge is 0.497 e. The lowest BCUT2D eigenvalue weighted by Gasteiger charge is -2.20. The highest BCUT2D eigenvalue weighted by atomic mass is 16.5. The van der Waals surface area contributed by atoms with Crippen molar-refractivity contribution in [3.8, 4) is 11.5 Å². The normalized spacial score (nSPS) is 12.1. The van der Waals surface area contributed by atoms with Crippen LogP contribution in [0.2, 0.25) is 0 Å². The Morgan fingerprint density at radius 2 is 1.91 bits per heavy atom. The molecule has 4 rings (SSSR count). The summed E-state index contributed by atoms with van der Waals surface area (Å²) in [6.07, 6.45) is 1.18. The third kappa shape index (κ3) is 4.16. The Labute approximate surface area is 191 Å². The van der Waals surface area contributed by atoms with Gasteiger partial charge in [0.15, 0.2) is 5.65 Å². The fourth-order valence-electron chi connectivity index (χ4n) is 4.30. The fourth-order valence-corrected chi connectivity index (χ4v) is 4.30. The number of aryl methyl sites for hydroxylation is 1. The zero-order valence-corrected chi connectivity index (χ0v) is 19.3. The molecule has 1 amide bonds. The molecule has 0 spiro atoms. The topological polar surface area (TPSA) is 86.9 Å². The van der Waals surface area contributed by atoms with Crippen LogP contribution in [-0.4, -0.2) is 40.9 Å². The van der Waals surface area contributed by atoms with Crippen molar-refractivity contribution in [2.45, 2.75) is 32.7 Å². The van der Waals surface area contributed by atoms with E-state index in [2.05, 4.69) is 10.3 Å². The quantitative estimate of drug-likeness (QED) is 0.447. The van der Waals surface area contributed by atoms with Crippen molar-refractivity contribution in [1.29, 1.82) is 0 Å². The molecule has 2 aromatic carbocycles. The van der Waals surface area contributed by atoms with Crippen LogP contribution in [0.15, 0.2) is 53.3 Å². The summed E-state index contributed by atoms with van der Waals surface area (Å²) in [6.45, 7) is 4.27. The molecule has 0 aliphatic carbocycles. The van der Waals surface area contributed by atoms with Crippen LogP contribution in [-0.2, 0) is 11.2 Å². The number of amides is 1. The monoisotopic (exact) mass is 448 g/mol. The van der Waals surface area contributed by atoms with Crippen molar-refractivity contribution < 1.29 is 14.3 Å². The summed E-state index contributed by atoms with van der Waals surface area (Å²) in [4.78, 5) is 29.6. The van der Waals surface area contributed by atoms with Crippen LogP contribution < -0.4 is 20.3 Å². The molecule has 1 atom stereocenters. The maximum atomic E-state index is 13.3. The Kier molecular flexibility index (Phi) is 6.35. The van der Waals surface area contributed by atoms with Gasteiger partial charge in [-0.15, -0.1) is 0 Å². The molecule has 8 heteroatoms. The van der Waals surface area contributed by atoms with Gasteiger partial charge in [0.25, 0.3) is 5.56 Å². The molecular formula is C25H28N4O4. The van der Waals surface area contributed by atoms with Gasteiger partial charge in [-0.3, -0.25) is 14.3 Å². The molecule has 0 fully saturated rings. The molecule has 1 N–H and O–H groups in total. The summed E-state index contributed by atoms with van der Waals surface area (Å²) in [5, 5.41) is 3.91. The van der Waals surface area contributed by atoms with E-state index < -0.39 is 6.04 Å². The lowest BCUT2D eigenvalue weighted by Crippen LogP contribution is -2.35. The zero-order valence-electron chi connectivity index (χ0n) is 19.3. The molecule has 0 aliphatic rings. The Morgan fingerprint density at radius 1 is 1.12 bits per heavy atom. The summed E-state index contributed by atoms with van der Waals surface area (Å²) in [6, 6.07) is 14.3. The number of para-hydroxylation sites is 1. The number of benzene rings is 2. The van der Waals surface area contributed by atoms with Gasteiger partial charge in [-0.25, -0.2) is 4.52 Å². The number of fused-ring (bicyclic) bond motifs is 3. The first-order valence-electron chi connectivity index (χ1n) is 11.0. The number of hydrogen-bond donors (Lipinski definition) is 1. The molecule has 0 aliphatic heterocycles. The van der Waals surface area contributed by atoms with Crippen molar-refractivity contribution in [3.05, 3.63) is 70.1 Å². The van der Waals surface area contributed by atoms with E-state index >= 15 is 0 Å². The van der Waals surface area contributed by atoms with E-state index in [1.165, 1.54) is 6.07 Å². The van der Waals surface area contributed by atoms with Crippen LogP contribution in [0.4, 0.5) is 0 Å². The average Bonchev–Trinajstić information content (AvgIpc) is 3.14. The van der Waals surface area contributed by atoms with Gasteiger partial charge in [0.05, 0.1) is 19.7 Å². The Bertz CT molecular complexity index is 1370. The van der Waals surface area contributed by atoms with Crippen LogP contribution in [0.1, 0.15) is 30.6 Å². The molecule has 2 heterocycles. The Balaban J connectivity index is 1.64. The predicted octanol–water partition coefficient (Wildman–Crippen LogP) is 3.28. The molecule has 0 saturated heterocycles. The first kappa shape index (κ1) is 22.4. The number of nitrogens with one attached hydrogen (secondary N) is 1. The number of hydrogen-bond acceptors (Lipinski definition) is 5. The van der Waals surface area contributed by atoms with Crippen molar-refractivity contribution in [2.75, 3.05) is 20.8 Å². The van der Waals surface area contributed by atoms with Gasteiger partial charge in [-0.05, 0) is 55.7 Å². The van der Waals surface area contributed by atoms with Gasteiger partial charge in [-0.2, -0.15) is 4.98 Å². The molecule has 8 nitrogen and oxygen atoms in total. The summed E-state index contributed by atoms with van der Waals surface area (Å²) in [5.41, 5.74) is 2.81. The molecular weight excluding hydrogens is 420 g/mol. The SMILES string of the molecule is CC[C@@H](C(=O)NCCc1cc(OC)ccc1OC)n1c2ccccc2c2nc(=O)cc(C)n21. The molecule has 0 unspecified atom stereocenters. The second-order valence-electron chi connectivity index (χ2n) is 7.88. The van der Waals surface area contributed by atoms with Crippen LogP contribution in [0, 0.1) is 6.92 Å². The minimum Gasteiger partial charge on any atom is -0.497 e. The second kappa shape index (κ2) is 9.36. The second-order valence-corrected chi connectivity index (χ2v) is 7.88. The summed E-state index contributed by atoms with van der Waals surface area (Å²) in [5.74, 6) is 1.40. The smallest absolute Gasteiger partial charge is 0.273 e. The van der Waals surface area contributed by atoms with Gasteiger partial charge in [0.2, 0.25) is 5.91 Å². The fraction of sp³-hybridized carbons (Fsp3) is 0.320.